The normalized spacial score (nSPS) is 11.3. The lowest BCUT2D eigenvalue weighted by Gasteiger charge is -2.23. The Morgan fingerprint density at radius 2 is 1.88 bits per heavy atom. The SMILES string of the molecule is Cc1nccn1-c1ccccc1CNC(=O)CN(c1ccccc1F)S(=O)(=O)c1cccs1. The molecule has 0 aliphatic carbocycles. The van der Waals surface area contributed by atoms with Gasteiger partial charge in [-0.1, -0.05) is 36.4 Å². The van der Waals surface area contributed by atoms with Crippen molar-refractivity contribution in [1.29, 1.82) is 0 Å². The molecule has 0 unspecified atom stereocenters. The van der Waals surface area contributed by atoms with Crippen LogP contribution < -0.4 is 9.62 Å². The quantitative estimate of drug-likeness (QED) is 0.411. The predicted octanol–water partition coefficient (Wildman–Crippen LogP) is 3.89. The highest BCUT2D eigenvalue weighted by Gasteiger charge is 2.29. The Labute approximate surface area is 195 Å². The summed E-state index contributed by atoms with van der Waals surface area (Å²) in [6, 6.07) is 16.0. The Bertz CT molecular complexity index is 1370. The molecule has 0 fully saturated rings. The highest BCUT2D eigenvalue weighted by atomic mass is 32.2. The largest absolute Gasteiger partial charge is 0.350 e. The predicted molar refractivity (Wildman–Crippen MR) is 125 cm³/mol. The molecular formula is C23H21FN4O3S2. The van der Waals surface area contributed by atoms with Crippen molar-refractivity contribution in [2.45, 2.75) is 17.7 Å². The molecular weight excluding hydrogens is 463 g/mol. The number of sulfonamides is 1. The smallest absolute Gasteiger partial charge is 0.274 e. The third kappa shape index (κ3) is 4.81. The van der Waals surface area contributed by atoms with E-state index in [4.69, 9.17) is 0 Å². The summed E-state index contributed by atoms with van der Waals surface area (Å²) in [5.41, 5.74) is 1.49. The number of nitrogens with one attached hydrogen (secondary N) is 1. The third-order valence-corrected chi connectivity index (χ3v) is 8.13. The molecule has 1 N–H and O–H groups in total. The van der Waals surface area contributed by atoms with Gasteiger partial charge in [-0.15, -0.1) is 11.3 Å². The number of anilines is 1. The van der Waals surface area contributed by atoms with Crippen molar-refractivity contribution in [3.05, 3.63) is 95.6 Å². The van der Waals surface area contributed by atoms with E-state index in [1.165, 1.54) is 24.3 Å². The van der Waals surface area contributed by atoms with Gasteiger partial charge in [-0.25, -0.2) is 17.8 Å². The summed E-state index contributed by atoms with van der Waals surface area (Å²) >= 11 is 1.01. The van der Waals surface area contributed by atoms with E-state index < -0.39 is 28.3 Å². The second-order valence-corrected chi connectivity index (χ2v) is 10.2. The molecule has 0 radical (unpaired) electrons. The van der Waals surface area contributed by atoms with E-state index >= 15 is 0 Å². The Balaban J connectivity index is 1.57. The molecule has 33 heavy (non-hydrogen) atoms. The van der Waals surface area contributed by atoms with Crippen LogP contribution in [0.5, 0.6) is 0 Å². The zero-order chi connectivity index (χ0) is 23.4. The number of amides is 1. The molecule has 0 aliphatic heterocycles. The number of benzene rings is 2. The molecule has 7 nitrogen and oxygen atoms in total. The summed E-state index contributed by atoms with van der Waals surface area (Å²) < 4.78 is 43.6. The molecule has 0 bridgehead atoms. The number of carbonyl (C=O) groups is 1. The van der Waals surface area contributed by atoms with E-state index in [0.29, 0.717) is 0 Å². The molecule has 0 atom stereocenters. The number of hydrogen-bond donors (Lipinski definition) is 1. The molecule has 4 rings (SSSR count). The first-order valence-corrected chi connectivity index (χ1v) is 12.4. The van der Waals surface area contributed by atoms with Crippen LogP contribution in [0.1, 0.15) is 11.4 Å². The second-order valence-electron chi connectivity index (χ2n) is 7.15. The number of carbonyl (C=O) groups excluding carboxylic acids is 1. The molecule has 0 spiro atoms. The maximum atomic E-state index is 14.5. The van der Waals surface area contributed by atoms with Gasteiger partial charge in [-0.3, -0.25) is 9.10 Å². The summed E-state index contributed by atoms with van der Waals surface area (Å²) in [6.07, 6.45) is 3.51. The van der Waals surface area contributed by atoms with Gasteiger partial charge in [-0.05, 0) is 42.1 Å². The Morgan fingerprint density at radius 1 is 1.12 bits per heavy atom. The van der Waals surface area contributed by atoms with E-state index in [9.17, 15) is 17.6 Å². The maximum absolute atomic E-state index is 14.5. The lowest BCUT2D eigenvalue weighted by molar-refractivity contribution is -0.119. The van der Waals surface area contributed by atoms with Crippen molar-refractivity contribution in [3.8, 4) is 5.69 Å². The fourth-order valence-electron chi connectivity index (χ4n) is 3.38. The van der Waals surface area contributed by atoms with Crippen LogP contribution >= 0.6 is 11.3 Å². The zero-order valence-electron chi connectivity index (χ0n) is 17.7. The van der Waals surface area contributed by atoms with Gasteiger partial charge in [0.1, 0.15) is 22.4 Å². The van der Waals surface area contributed by atoms with Crippen LogP contribution in [0, 0.1) is 12.7 Å². The molecule has 0 saturated heterocycles. The van der Waals surface area contributed by atoms with Gasteiger partial charge in [0.05, 0.1) is 11.4 Å². The summed E-state index contributed by atoms with van der Waals surface area (Å²) in [5.74, 6) is -0.497. The molecule has 2 heterocycles. The van der Waals surface area contributed by atoms with Gasteiger partial charge in [0.2, 0.25) is 5.91 Å². The average Bonchev–Trinajstić information content (AvgIpc) is 3.49. The number of thiophene rings is 1. The minimum atomic E-state index is -4.12. The zero-order valence-corrected chi connectivity index (χ0v) is 19.3. The van der Waals surface area contributed by atoms with Gasteiger partial charge in [0, 0.05) is 18.9 Å². The van der Waals surface area contributed by atoms with E-state index in [1.54, 1.807) is 17.6 Å². The van der Waals surface area contributed by atoms with Gasteiger partial charge in [0.15, 0.2) is 0 Å². The molecule has 1 amide bonds. The number of aromatic nitrogens is 2. The minimum absolute atomic E-state index is 0.0273. The first-order chi connectivity index (χ1) is 15.9. The van der Waals surface area contributed by atoms with Crippen molar-refractivity contribution in [2.24, 2.45) is 0 Å². The molecule has 0 saturated carbocycles. The topological polar surface area (TPSA) is 84.3 Å². The lowest BCUT2D eigenvalue weighted by atomic mass is 10.1. The number of halogens is 1. The van der Waals surface area contributed by atoms with E-state index in [1.807, 2.05) is 42.0 Å². The summed E-state index contributed by atoms with van der Waals surface area (Å²) in [5, 5.41) is 4.37. The Morgan fingerprint density at radius 3 is 2.58 bits per heavy atom. The fraction of sp³-hybridized carbons (Fsp3) is 0.130. The van der Waals surface area contributed by atoms with Crippen molar-refractivity contribution in [1.82, 2.24) is 14.9 Å². The number of para-hydroxylation sites is 2. The number of imidazole rings is 1. The van der Waals surface area contributed by atoms with Crippen LogP contribution in [0.15, 0.2) is 82.6 Å². The summed E-state index contributed by atoms with van der Waals surface area (Å²) in [6.45, 7) is 1.47. The highest BCUT2D eigenvalue weighted by Crippen LogP contribution is 2.28. The highest BCUT2D eigenvalue weighted by molar-refractivity contribution is 7.94. The molecule has 2 aromatic carbocycles. The van der Waals surface area contributed by atoms with Gasteiger partial charge < -0.3 is 9.88 Å². The van der Waals surface area contributed by atoms with Gasteiger partial charge in [0.25, 0.3) is 10.0 Å². The number of hydrogen-bond acceptors (Lipinski definition) is 5. The monoisotopic (exact) mass is 484 g/mol. The van der Waals surface area contributed by atoms with Crippen LogP contribution in [-0.4, -0.2) is 30.4 Å². The summed E-state index contributed by atoms with van der Waals surface area (Å²) in [4.78, 5) is 17.1. The third-order valence-electron chi connectivity index (χ3n) is 5.00. The van der Waals surface area contributed by atoms with Crippen molar-refractivity contribution >= 4 is 33.0 Å². The van der Waals surface area contributed by atoms with E-state index in [-0.39, 0.29) is 16.4 Å². The van der Waals surface area contributed by atoms with E-state index in [2.05, 4.69) is 10.3 Å². The first kappa shape index (κ1) is 22.7. The molecule has 0 aliphatic rings. The number of aryl methyl sites for hydroxylation is 1. The minimum Gasteiger partial charge on any atom is -0.350 e. The van der Waals surface area contributed by atoms with Gasteiger partial charge >= 0.3 is 0 Å². The maximum Gasteiger partial charge on any atom is 0.274 e. The average molecular weight is 485 g/mol. The first-order valence-electron chi connectivity index (χ1n) is 10.0. The number of nitrogens with zero attached hydrogens (tertiary/aromatic N) is 3. The van der Waals surface area contributed by atoms with Crippen LogP contribution in [0.2, 0.25) is 0 Å². The van der Waals surface area contributed by atoms with Gasteiger partial charge in [-0.2, -0.15) is 0 Å². The standard InChI is InChI=1S/C23H21FN4O3S2/c1-17-25-12-13-27(17)20-9-4-2-7-18(20)15-26-22(29)16-28(21-10-5-3-8-19(21)24)33(30,31)23-11-6-14-32-23/h2-14H,15-16H2,1H3,(H,26,29). The molecule has 4 aromatic rings. The van der Waals surface area contributed by atoms with Crippen LogP contribution in [-0.2, 0) is 21.4 Å². The Kier molecular flexibility index (Phi) is 6.57. The lowest BCUT2D eigenvalue weighted by Crippen LogP contribution is -2.41. The second kappa shape index (κ2) is 9.55. The molecule has 10 heteroatoms. The Hall–Kier alpha value is -3.50. The van der Waals surface area contributed by atoms with Crippen LogP contribution in [0.25, 0.3) is 5.69 Å². The van der Waals surface area contributed by atoms with E-state index in [0.717, 1.165) is 38.8 Å². The fourth-order valence-corrected chi connectivity index (χ4v) is 5.91. The van der Waals surface area contributed by atoms with Crippen molar-refractivity contribution in [2.75, 3.05) is 10.8 Å². The van der Waals surface area contributed by atoms with Crippen LogP contribution in [0.4, 0.5) is 10.1 Å². The summed E-state index contributed by atoms with van der Waals surface area (Å²) in [7, 11) is -4.12. The van der Waals surface area contributed by atoms with Crippen molar-refractivity contribution in [3.63, 3.8) is 0 Å². The van der Waals surface area contributed by atoms with Crippen molar-refractivity contribution < 1.29 is 17.6 Å². The molecule has 2 aromatic heterocycles. The van der Waals surface area contributed by atoms with Crippen LogP contribution in [0.3, 0.4) is 0 Å². The number of rotatable bonds is 8. The molecule has 170 valence electrons.